The van der Waals surface area contributed by atoms with E-state index in [9.17, 15) is 4.79 Å². The Bertz CT molecular complexity index is 861. The molecule has 174 valence electrons. The highest BCUT2D eigenvalue weighted by Crippen LogP contribution is 2.33. The number of piperidine rings is 1. The minimum absolute atomic E-state index is 0.0358. The number of likely N-dealkylation sites (tertiary alicyclic amines) is 1. The number of aromatic nitrogens is 1. The van der Waals surface area contributed by atoms with Crippen LogP contribution in [0.25, 0.3) is 0 Å². The number of amides is 1. The fourth-order valence-electron chi connectivity index (χ4n) is 4.17. The summed E-state index contributed by atoms with van der Waals surface area (Å²) < 4.78 is 17.4. The van der Waals surface area contributed by atoms with E-state index in [1.54, 1.807) is 19.4 Å². The number of nitrogens with zero attached hydrogens (tertiary/aromatic N) is 2. The number of ether oxygens (including phenoxy) is 3. The maximum atomic E-state index is 13.1. The number of carbonyl (C=O) groups excluding carboxylic acids is 1. The zero-order valence-corrected chi connectivity index (χ0v) is 19.9. The molecule has 0 N–H and O–H groups in total. The lowest BCUT2D eigenvalue weighted by atomic mass is 9.89. The first-order chi connectivity index (χ1) is 15.4. The first-order valence-electron chi connectivity index (χ1n) is 11.6. The van der Waals surface area contributed by atoms with Gasteiger partial charge in [-0.15, -0.1) is 0 Å². The molecule has 6 heteroatoms. The van der Waals surface area contributed by atoms with Gasteiger partial charge in [-0.05, 0) is 82.7 Å². The second kappa shape index (κ2) is 11.3. The summed E-state index contributed by atoms with van der Waals surface area (Å²) in [4.78, 5) is 19.3. The number of methoxy groups -OCH3 is 1. The molecule has 1 fully saturated rings. The zero-order valence-electron chi connectivity index (χ0n) is 19.9. The molecule has 1 amide bonds. The maximum absolute atomic E-state index is 13.1. The van der Waals surface area contributed by atoms with Crippen LogP contribution in [0.5, 0.6) is 11.5 Å². The van der Waals surface area contributed by atoms with Gasteiger partial charge < -0.3 is 19.1 Å². The lowest BCUT2D eigenvalue weighted by molar-refractivity contribution is -0.0126. The van der Waals surface area contributed by atoms with Crippen LogP contribution in [-0.2, 0) is 4.74 Å². The molecule has 0 bridgehead atoms. The third-order valence-electron chi connectivity index (χ3n) is 5.72. The van der Waals surface area contributed by atoms with E-state index in [-0.39, 0.29) is 24.2 Å². The van der Waals surface area contributed by atoms with Gasteiger partial charge in [0.2, 0.25) is 0 Å². The smallest absolute Gasteiger partial charge is 0.253 e. The largest absolute Gasteiger partial charge is 0.493 e. The molecule has 1 unspecified atom stereocenters. The minimum atomic E-state index is 0.0358. The number of pyridine rings is 1. The van der Waals surface area contributed by atoms with Crippen molar-refractivity contribution in [3.8, 4) is 11.5 Å². The predicted octanol–water partition coefficient (Wildman–Crippen LogP) is 5.29. The van der Waals surface area contributed by atoms with E-state index >= 15 is 0 Å². The fraction of sp³-hybridized carbons (Fsp3) is 0.538. The molecule has 1 atom stereocenters. The highest BCUT2D eigenvalue weighted by Gasteiger charge is 2.27. The lowest BCUT2D eigenvalue weighted by Gasteiger charge is -2.34. The number of benzene rings is 1. The van der Waals surface area contributed by atoms with E-state index in [0.717, 1.165) is 37.9 Å². The Morgan fingerprint density at radius 3 is 2.44 bits per heavy atom. The maximum Gasteiger partial charge on any atom is 0.253 e. The molecule has 1 aliphatic heterocycles. The molecule has 0 spiro atoms. The fourth-order valence-corrected chi connectivity index (χ4v) is 4.17. The van der Waals surface area contributed by atoms with Gasteiger partial charge in [0, 0.05) is 31.0 Å². The summed E-state index contributed by atoms with van der Waals surface area (Å²) in [5, 5.41) is 0. The van der Waals surface area contributed by atoms with Crippen molar-refractivity contribution >= 4 is 5.91 Å². The minimum Gasteiger partial charge on any atom is -0.493 e. The summed E-state index contributed by atoms with van der Waals surface area (Å²) in [5.74, 6) is 1.80. The van der Waals surface area contributed by atoms with Gasteiger partial charge in [-0.3, -0.25) is 9.78 Å². The van der Waals surface area contributed by atoms with Gasteiger partial charge in [0.05, 0.1) is 25.4 Å². The van der Waals surface area contributed by atoms with Crippen LogP contribution in [0.1, 0.15) is 69.0 Å². The van der Waals surface area contributed by atoms with Crippen molar-refractivity contribution in [2.45, 2.75) is 65.3 Å². The van der Waals surface area contributed by atoms with E-state index in [1.165, 1.54) is 0 Å². The molecular weight excluding hydrogens is 404 g/mol. The number of hydrogen-bond donors (Lipinski definition) is 0. The summed E-state index contributed by atoms with van der Waals surface area (Å²) in [6, 6.07) is 9.46. The molecule has 32 heavy (non-hydrogen) atoms. The Balaban J connectivity index is 1.60. The molecule has 0 radical (unpaired) electrons. The van der Waals surface area contributed by atoms with Crippen LogP contribution >= 0.6 is 0 Å². The molecule has 1 aromatic carbocycles. The normalized spacial score (nSPS) is 15.8. The number of rotatable bonds is 9. The van der Waals surface area contributed by atoms with Crippen LogP contribution < -0.4 is 9.47 Å². The monoisotopic (exact) mass is 440 g/mol. The number of carbonyl (C=O) groups is 1. The van der Waals surface area contributed by atoms with Gasteiger partial charge in [-0.2, -0.15) is 0 Å². The van der Waals surface area contributed by atoms with Crippen LogP contribution in [0, 0.1) is 5.92 Å². The summed E-state index contributed by atoms with van der Waals surface area (Å²) >= 11 is 0. The molecule has 0 saturated carbocycles. The molecule has 3 rings (SSSR count). The molecule has 1 saturated heterocycles. The van der Waals surface area contributed by atoms with Crippen molar-refractivity contribution in [2.75, 3.05) is 20.2 Å². The third-order valence-corrected chi connectivity index (χ3v) is 5.72. The van der Waals surface area contributed by atoms with Crippen molar-refractivity contribution in [1.82, 2.24) is 9.88 Å². The van der Waals surface area contributed by atoms with E-state index in [0.29, 0.717) is 23.0 Å². The molecule has 1 aromatic heterocycles. The first-order valence-corrected chi connectivity index (χ1v) is 11.6. The van der Waals surface area contributed by atoms with Crippen LogP contribution in [0.3, 0.4) is 0 Å². The standard InChI is InChI=1S/C26H36N2O4/c1-18(2)31-23-9-8-21(16-25(23)30-5)26(29)28-13-10-20(11-14-28)15-24(32-19(3)4)22-7-6-12-27-17-22/h6-9,12,16-20,24H,10-11,13-15H2,1-5H3. The van der Waals surface area contributed by atoms with Crippen molar-refractivity contribution < 1.29 is 19.0 Å². The van der Waals surface area contributed by atoms with Crippen molar-refractivity contribution in [3.05, 3.63) is 53.9 Å². The molecule has 2 aromatic rings. The van der Waals surface area contributed by atoms with Crippen molar-refractivity contribution in [3.63, 3.8) is 0 Å². The Morgan fingerprint density at radius 1 is 1.09 bits per heavy atom. The van der Waals surface area contributed by atoms with Gasteiger partial charge in [-0.1, -0.05) is 6.07 Å². The lowest BCUT2D eigenvalue weighted by Crippen LogP contribution is -2.39. The SMILES string of the molecule is COc1cc(C(=O)N2CCC(CC(OC(C)C)c3cccnc3)CC2)ccc1OC(C)C. The summed E-state index contributed by atoms with van der Waals surface area (Å²) in [7, 11) is 1.60. The van der Waals surface area contributed by atoms with Gasteiger partial charge in [0.15, 0.2) is 11.5 Å². The molecule has 1 aliphatic rings. The Morgan fingerprint density at radius 2 is 1.84 bits per heavy atom. The first kappa shape index (κ1) is 24.1. The van der Waals surface area contributed by atoms with Crippen molar-refractivity contribution in [1.29, 1.82) is 0 Å². The van der Waals surface area contributed by atoms with Crippen LogP contribution in [0.15, 0.2) is 42.7 Å². The molecule has 6 nitrogen and oxygen atoms in total. The zero-order chi connectivity index (χ0) is 23.1. The molecular formula is C26H36N2O4. The van der Waals surface area contributed by atoms with E-state index in [4.69, 9.17) is 14.2 Å². The second-order valence-corrected chi connectivity index (χ2v) is 8.96. The average molecular weight is 441 g/mol. The van der Waals surface area contributed by atoms with Crippen LogP contribution in [-0.4, -0.2) is 48.2 Å². The predicted molar refractivity (Wildman–Crippen MR) is 125 cm³/mol. The number of hydrogen-bond acceptors (Lipinski definition) is 5. The van der Waals surface area contributed by atoms with Gasteiger partial charge >= 0.3 is 0 Å². The molecule has 0 aliphatic carbocycles. The van der Waals surface area contributed by atoms with Gasteiger partial charge in [-0.25, -0.2) is 0 Å². The van der Waals surface area contributed by atoms with Gasteiger partial charge in [0.25, 0.3) is 5.91 Å². The van der Waals surface area contributed by atoms with E-state index in [2.05, 4.69) is 24.9 Å². The summed E-state index contributed by atoms with van der Waals surface area (Å²) in [6.45, 7) is 9.56. The Hall–Kier alpha value is -2.60. The summed E-state index contributed by atoms with van der Waals surface area (Å²) in [6.07, 6.45) is 6.79. The second-order valence-electron chi connectivity index (χ2n) is 8.96. The highest BCUT2D eigenvalue weighted by molar-refractivity contribution is 5.95. The van der Waals surface area contributed by atoms with Gasteiger partial charge in [0.1, 0.15) is 0 Å². The van der Waals surface area contributed by atoms with Crippen molar-refractivity contribution in [2.24, 2.45) is 5.92 Å². The quantitative estimate of drug-likeness (QED) is 0.530. The third kappa shape index (κ3) is 6.45. The Labute approximate surface area is 191 Å². The van der Waals surface area contributed by atoms with Crippen LogP contribution in [0.4, 0.5) is 0 Å². The van der Waals surface area contributed by atoms with Crippen LogP contribution in [0.2, 0.25) is 0 Å². The van der Waals surface area contributed by atoms with E-state index < -0.39 is 0 Å². The Kier molecular flexibility index (Phi) is 8.51. The summed E-state index contributed by atoms with van der Waals surface area (Å²) in [5.41, 5.74) is 1.75. The average Bonchev–Trinajstić information content (AvgIpc) is 2.79. The molecule has 2 heterocycles. The van der Waals surface area contributed by atoms with E-state index in [1.807, 2.05) is 43.1 Å². The highest BCUT2D eigenvalue weighted by atomic mass is 16.5. The topological polar surface area (TPSA) is 60.9 Å².